The Bertz CT molecular complexity index is 1210. The molecule has 5 nitrogen and oxygen atoms in total. The highest BCUT2D eigenvalue weighted by Crippen LogP contribution is 2.33. The topological polar surface area (TPSA) is 63.1 Å². The lowest BCUT2D eigenvalue weighted by atomic mass is 10.1. The molecule has 0 bridgehead atoms. The molecule has 32 heavy (non-hydrogen) atoms. The van der Waals surface area contributed by atoms with Crippen LogP contribution in [-0.2, 0) is 4.79 Å². The van der Waals surface area contributed by atoms with Crippen molar-refractivity contribution in [2.24, 2.45) is 9.98 Å². The summed E-state index contributed by atoms with van der Waals surface area (Å²) in [5.41, 5.74) is 5.14. The number of rotatable bonds is 5. The molecule has 0 saturated heterocycles. The summed E-state index contributed by atoms with van der Waals surface area (Å²) in [6, 6.07) is 21.1. The van der Waals surface area contributed by atoms with Crippen LogP contribution in [0.25, 0.3) is 0 Å². The van der Waals surface area contributed by atoms with Crippen LogP contribution in [0.1, 0.15) is 17.5 Å². The van der Waals surface area contributed by atoms with E-state index >= 15 is 0 Å². The number of nitrogens with zero attached hydrogens (tertiary/aromatic N) is 2. The highest BCUT2D eigenvalue weighted by Gasteiger charge is 2.17. The van der Waals surface area contributed by atoms with E-state index in [0.717, 1.165) is 39.0 Å². The van der Waals surface area contributed by atoms with Gasteiger partial charge in [0.2, 0.25) is 5.91 Å². The Labute approximate surface area is 196 Å². The molecule has 1 heterocycles. The SMILES string of the molecule is COc1ccc(C2=Nc3ccccc3N=C(SCC(=O)Nc3ccc(C)cc3Cl)C2)cc1. The number of amides is 1. The number of hydrogen-bond donors (Lipinski definition) is 1. The largest absolute Gasteiger partial charge is 0.497 e. The van der Waals surface area contributed by atoms with Crippen LogP contribution in [0, 0.1) is 6.92 Å². The number of benzene rings is 3. The van der Waals surface area contributed by atoms with Crippen molar-refractivity contribution in [1.29, 1.82) is 0 Å². The molecule has 0 radical (unpaired) electrons. The third-order valence-electron chi connectivity index (χ3n) is 4.89. The molecule has 3 aromatic rings. The Balaban J connectivity index is 1.52. The van der Waals surface area contributed by atoms with Gasteiger partial charge in [-0.3, -0.25) is 9.79 Å². The number of halogens is 1. The second-order valence-corrected chi connectivity index (χ2v) is 8.73. The zero-order chi connectivity index (χ0) is 22.5. The number of hydrogen-bond acceptors (Lipinski definition) is 5. The first-order chi connectivity index (χ1) is 15.5. The standard InChI is InChI=1S/C25H22ClN3O2S/c1-16-7-12-20(19(26)13-16)28-24(30)15-32-25-14-23(17-8-10-18(31-2)11-9-17)27-21-5-3-4-6-22(21)29-25/h3-13H,14-15H2,1-2H3,(H,28,30). The molecule has 0 atom stereocenters. The Morgan fingerprint density at radius 1 is 1.06 bits per heavy atom. The molecule has 4 rings (SSSR count). The van der Waals surface area contributed by atoms with E-state index in [4.69, 9.17) is 26.3 Å². The summed E-state index contributed by atoms with van der Waals surface area (Å²) in [6.07, 6.45) is 0.532. The number of fused-ring (bicyclic) bond motifs is 1. The van der Waals surface area contributed by atoms with Crippen molar-refractivity contribution in [3.8, 4) is 5.75 Å². The zero-order valence-electron chi connectivity index (χ0n) is 17.8. The smallest absolute Gasteiger partial charge is 0.234 e. The van der Waals surface area contributed by atoms with Crippen LogP contribution in [0.15, 0.2) is 76.7 Å². The molecule has 0 aromatic heterocycles. The van der Waals surface area contributed by atoms with Gasteiger partial charge in [-0.05, 0) is 66.6 Å². The van der Waals surface area contributed by atoms with Crippen LogP contribution < -0.4 is 10.1 Å². The normalized spacial score (nSPS) is 12.8. The van der Waals surface area contributed by atoms with Crippen LogP contribution in [-0.4, -0.2) is 29.5 Å². The van der Waals surface area contributed by atoms with Crippen LogP contribution in [0.2, 0.25) is 5.02 Å². The van der Waals surface area contributed by atoms with Gasteiger partial charge in [-0.25, -0.2) is 4.99 Å². The lowest BCUT2D eigenvalue weighted by molar-refractivity contribution is -0.113. The molecule has 1 N–H and O–H groups in total. The fourth-order valence-electron chi connectivity index (χ4n) is 3.25. The maximum absolute atomic E-state index is 12.6. The van der Waals surface area contributed by atoms with E-state index in [2.05, 4.69) is 5.32 Å². The number of anilines is 1. The molecule has 0 aliphatic carbocycles. The Morgan fingerprint density at radius 3 is 2.47 bits per heavy atom. The molecular formula is C25H22ClN3O2S. The van der Waals surface area contributed by atoms with Crippen molar-refractivity contribution < 1.29 is 9.53 Å². The summed E-state index contributed by atoms with van der Waals surface area (Å²) in [7, 11) is 1.64. The predicted molar refractivity (Wildman–Crippen MR) is 135 cm³/mol. The van der Waals surface area contributed by atoms with Crippen molar-refractivity contribution in [2.45, 2.75) is 13.3 Å². The number of ether oxygens (including phenoxy) is 1. The van der Waals surface area contributed by atoms with E-state index in [1.54, 1.807) is 7.11 Å². The summed E-state index contributed by atoms with van der Waals surface area (Å²) in [4.78, 5) is 22.2. The number of thioether (sulfide) groups is 1. The second-order valence-electron chi connectivity index (χ2n) is 7.28. The molecule has 0 unspecified atom stereocenters. The Hall–Kier alpha value is -3.09. The second kappa shape index (κ2) is 10.0. The molecule has 1 aliphatic rings. The molecule has 1 amide bonds. The van der Waals surface area contributed by atoms with Crippen molar-refractivity contribution in [3.05, 3.63) is 82.9 Å². The van der Waals surface area contributed by atoms with E-state index in [1.165, 1.54) is 11.8 Å². The first kappa shape index (κ1) is 22.1. The number of carbonyl (C=O) groups is 1. The maximum atomic E-state index is 12.6. The summed E-state index contributed by atoms with van der Waals surface area (Å²) in [6.45, 7) is 1.96. The highest BCUT2D eigenvalue weighted by molar-refractivity contribution is 8.14. The summed E-state index contributed by atoms with van der Waals surface area (Å²) in [5.74, 6) is 0.878. The number of carbonyl (C=O) groups excluding carboxylic acids is 1. The molecular weight excluding hydrogens is 442 g/mol. The number of aliphatic imine (C=N–C) groups is 2. The minimum atomic E-state index is -0.135. The Morgan fingerprint density at radius 2 is 1.78 bits per heavy atom. The molecule has 7 heteroatoms. The minimum Gasteiger partial charge on any atom is -0.497 e. The van der Waals surface area contributed by atoms with Gasteiger partial charge in [0.1, 0.15) is 5.75 Å². The van der Waals surface area contributed by atoms with Crippen molar-refractivity contribution in [3.63, 3.8) is 0 Å². The van der Waals surface area contributed by atoms with Crippen LogP contribution in [0.4, 0.5) is 17.1 Å². The fraction of sp³-hybridized carbons (Fsp3) is 0.160. The third-order valence-corrected chi connectivity index (χ3v) is 6.18. The van der Waals surface area contributed by atoms with Crippen LogP contribution in [0.5, 0.6) is 5.75 Å². The summed E-state index contributed by atoms with van der Waals surface area (Å²) in [5, 5.41) is 4.23. The van der Waals surface area contributed by atoms with E-state index in [9.17, 15) is 4.79 Å². The average Bonchev–Trinajstić information content (AvgIpc) is 2.99. The van der Waals surface area contributed by atoms with E-state index < -0.39 is 0 Å². The molecule has 1 aliphatic heterocycles. The lowest BCUT2D eigenvalue weighted by Gasteiger charge is -2.10. The van der Waals surface area contributed by atoms with Gasteiger partial charge >= 0.3 is 0 Å². The van der Waals surface area contributed by atoms with Crippen LogP contribution >= 0.6 is 23.4 Å². The highest BCUT2D eigenvalue weighted by atomic mass is 35.5. The fourth-order valence-corrected chi connectivity index (χ4v) is 4.30. The van der Waals surface area contributed by atoms with Gasteiger partial charge in [-0.15, -0.1) is 11.8 Å². The van der Waals surface area contributed by atoms with Crippen molar-refractivity contribution in [1.82, 2.24) is 0 Å². The minimum absolute atomic E-state index is 0.135. The van der Waals surface area contributed by atoms with E-state index in [1.807, 2.05) is 73.7 Å². The lowest BCUT2D eigenvalue weighted by Crippen LogP contribution is -2.16. The monoisotopic (exact) mass is 463 g/mol. The number of para-hydroxylation sites is 2. The van der Waals surface area contributed by atoms with Crippen LogP contribution in [0.3, 0.4) is 0 Å². The quantitative estimate of drug-likeness (QED) is 0.464. The number of aryl methyl sites for hydroxylation is 1. The van der Waals surface area contributed by atoms with E-state index in [-0.39, 0.29) is 11.7 Å². The first-order valence-corrected chi connectivity index (χ1v) is 11.5. The van der Waals surface area contributed by atoms with Gasteiger partial charge in [0.05, 0.1) is 45.7 Å². The van der Waals surface area contributed by atoms with Gasteiger partial charge in [0.25, 0.3) is 0 Å². The number of methoxy groups -OCH3 is 1. The van der Waals surface area contributed by atoms with Gasteiger partial charge < -0.3 is 10.1 Å². The van der Waals surface area contributed by atoms with Gasteiger partial charge in [-0.2, -0.15) is 0 Å². The molecule has 0 spiro atoms. The summed E-state index contributed by atoms with van der Waals surface area (Å²) < 4.78 is 5.27. The zero-order valence-corrected chi connectivity index (χ0v) is 19.3. The Kier molecular flexibility index (Phi) is 6.93. The molecule has 162 valence electrons. The molecule has 0 fully saturated rings. The van der Waals surface area contributed by atoms with Crippen molar-refractivity contribution >= 4 is 57.1 Å². The van der Waals surface area contributed by atoms with Gasteiger partial charge in [0, 0.05) is 6.42 Å². The number of nitrogens with one attached hydrogen (secondary N) is 1. The predicted octanol–water partition coefficient (Wildman–Crippen LogP) is 6.58. The molecule has 0 saturated carbocycles. The average molecular weight is 464 g/mol. The third kappa shape index (κ3) is 5.39. The van der Waals surface area contributed by atoms with E-state index in [0.29, 0.717) is 17.1 Å². The van der Waals surface area contributed by atoms with Gasteiger partial charge in [-0.1, -0.05) is 29.8 Å². The van der Waals surface area contributed by atoms with Crippen molar-refractivity contribution in [2.75, 3.05) is 18.2 Å². The molecule has 3 aromatic carbocycles. The van der Waals surface area contributed by atoms with Gasteiger partial charge in [0.15, 0.2) is 0 Å². The first-order valence-electron chi connectivity index (χ1n) is 10.1. The summed E-state index contributed by atoms with van der Waals surface area (Å²) >= 11 is 7.64. The maximum Gasteiger partial charge on any atom is 0.234 e.